The topological polar surface area (TPSA) is 113 Å². The second kappa shape index (κ2) is 5.81. The molecule has 2 rings (SSSR count). The Bertz CT molecular complexity index is 747. The van der Waals surface area contributed by atoms with Gasteiger partial charge in [-0.25, -0.2) is 5.43 Å². The Labute approximate surface area is 121 Å². The van der Waals surface area contributed by atoms with Crippen LogP contribution in [0.2, 0.25) is 0 Å². The molecule has 2 aromatic rings. The third-order valence-electron chi connectivity index (χ3n) is 2.63. The Morgan fingerprint density at radius 3 is 2.19 bits per heavy atom. The second-order valence-electron chi connectivity index (χ2n) is 4.11. The number of anilines is 2. The molecule has 8 heteroatoms. The van der Waals surface area contributed by atoms with Gasteiger partial charge in [-0.15, -0.1) is 0 Å². The molecule has 110 valence electrons. The Balaban J connectivity index is 2.36. The van der Waals surface area contributed by atoms with Crippen LogP contribution < -0.4 is 15.6 Å². The van der Waals surface area contributed by atoms with Gasteiger partial charge < -0.3 is 5.73 Å². The van der Waals surface area contributed by atoms with Crippen LogP contribution in [0.4, 0.5) is 11.4 Å². The smallest absolute Gasteiger partial charge is 0.377 e. The first-order valence-electron chi connectivity index (χ1n) is 5.88. The molecule has 0 unspecified atom stereocenters. The van der Waals surface area contributed by atoms with Gasteiger partial charge in [-0.05, 0) is 24.3 Å². The first kappa shape index (κ1) is 14.8. The van der Waals surface area contributed by atoms with Crippen LogP contribution in [0.25, 0.3) is 0 Å². The van der Waals surface area contributed by atoms with Gasteiger partial charge in [0.2, 0.25) is 0 Å². The maximum atomic E-state index is 12.0. The molecule has 7 nitrogen and oxygen atoms in total. The van der Waals surface area contributed by atoms with Gasteiger partial charge in [0, 0.05) is 5.56 Å². The first-order valence-corrected chi connectivity index (χ1v) is 7.27. The number of hydrogen-bond acceptors (Lipinski definition) is 4. The predicted molar refractivity (Wildman–Crippen MR) is 78.8 cm³/mol. The highest BCUT2D eigenvalue weighted by atomic mass is 32.2. The molecular formula is C13H13N3O4S. The molecule has 2 aromatic carbocycles. The van der Waals surface area contributed by atoms with E-state index in [0.29, 0.717) is 4.41 Å². The molecule has 21 heavy (non-hydrogen) atoms. The van der Waals surface area contributed by atoms with E-state index in [1.54, 1.807) is 24.3 Å². The van der Waals surface area contributed by atoms with Crippen LogP contribution in [-0.2, 0) is 10.3 Å². The summed E-state index contributed by atoms with van der Waals surface area (Å²) in [7, 11) is -4.72. The molecule has 0 saturated carbocycles. The molecular weight excluding hydrogens is 294 g/mol. The van der Waals surface area contributed by atoms with Crippen molar-refractivity contribution in [2.24, 2.45) is 0 Å². The monoisotopic (exact) mass is 307 g/mol. The van der Waals surface area contributed by atoms with E-state index < -0.39 is 16.2 Å². The van der Waals surface area contributed by atoms with E-state index in [1.165, 1.54) is 30.3 Å². The molecule has 0 radical (unpaired) electrons. The Morgan fingerprint density at radius 1 is 1.05 bits per heavy atom. The molecule has 4 N–H and O–H groups in total. The Kier molecular flexibility index (Phi) is 4.10. The summed E-state index contributed by atoms with van der Waals surface area (Å²) in [5.41, 5.74) is 8.04. The van der Waals surface area contributed by atoms with E-state index in [2.05, 4.69) is 5.43 Å². The van der Waals surface area contributed by atoms with Crippen molar-refractivity contribution in [3.8, 4) is 0 Å². The summed E-state index contributed by atoms with van der Waals surface area (Å²) in [5, 5.41) is 0. The van der Waals surface area contributed by atoms with Crippen LogP contribution in [0, 0.1) is 0 Å². The highest BCUT2D eigenvalue weighted by Gasteiger charge is 2.24. The lowest BCUT2D eigenvalue weighted by molar-refractivity contribution is 0.0954. The van der Waals surface area contributed by atoms with Gasteiger partial charge in [-0.1, -0.05) is 30.3 Å². The maximum Gasteiger partial charge on any atom is 0.377 e. The molecule has 0 bridgehead atoms. The van der Waals surface area contributed by atoms with E-state index in [0.717, 1.165) is 0 Å². The quantitative estimate of drug-likeness (QED) is 0.446. The zero-order chi connectivity index (χ0) is 15.5. The normalized spacial score (nSPS) is 10.9. The number of para-hydroxylation sites is 2. The van der Waals surface area contributed by atoms with Crippen LogP contribution in [-0.4, -0.2) is 18.9 Å². The summed E-state index contributed by atoms with van der Waals surface area (Å²) in [5.74, 6) is -0.698. The van der Waals surface area contributed by atoms with Crippen molar-refractivity contribution in [2.45, 2.75) is 0 Å². The number of nitrogens with one attached hydrogen (secondary N) is 1. The predicted octanol–water partition coefficient (Wildman–Crippen LogP) is 1.22. The van der Waals surface area contributed by atoms with Crippen molar-refractivity contribution in [3.05, 3.63) is 60.2 Å². The van der Waals surface area contributed by atoms with Crippen molar-refractivity contribution in [1.82, 2.24) is 5.43 Å². The average molecular weight is 307 g/mol. The summed E-state index contributed by atoms with van der Waals surface area (Å²) in [6.07, 6.45) is 0. The van der Waals surface area contributed by atoms with Gasteiger partial charge >= 0.3 is 10.3 Å². The third kappa shape index (κ3) is 3.50. The molecule has 0 saturated heterocycles. The van der Waals surface area contributed by atoms with E-state index in [1.807, 2.05) is 0 Å². The van der Waals surface area contributed by atoms with Crippen molar-refractivity contribution in [2.75, 3.05) is 10.1 Å². The van der Waals surface area contributed by atoms with E-state index in [4.69, 9.17) is 5.73 Å². The van der Waals surface area contributed by atoms with Crippen molar-refractivity contribution in [1.29, 1.82) is 0 Å². The largest absolute Gasteiger partial charge is 0.397 e. The number of benzene rings is 2. The average Bonchev–Trinajstić information content (AvgIpc) is 2.45. The van der Waals surface area contributed by atoms with Crippen LogP contribution in [0.1, 0.15) is 10.4 Å². The lowest BCUT2D eigenvalue weighted by Crippen LogP contribution is -2.46. The molecule has 0 heterocycles. The summed E-state index contributed by atoms with van der Waals surface area (Å²) < 4.78 is 32.5. The Hall–Kier alpha value is -2.58. The molecule has 0 aliphatic heterocycles. The lowest BCUT2D eigenvalue weighted by Gasteiger charge is -2.22. The standard InChI is InChI=1S/C13H13N3O4S/c14-11-8-4-5-9-12(11)16(21(18,19)20)15-13(17)10-6-2-1-3-7-10/h1-9H,14H2,(H,15,17)(H,18,19,20). The minimum Gasteiger partial charge on any atom is -0.397 e. The van der Waals surface area contributed by atoms with E-state index in [-0.39, 0.29) is 16.9 Å². The van der Waals surface area contributed by atoms with Gasteiger partial charge in [0.25, 0.3) is 5.91 Å². The number of rotatable bonds is 4. The van der Waals surface area contributed by atoms with Gasteiger partial charge in [-0.2, -0.15) is 12.8 Å². The van der Waals surface area contributed by atoms with Gasteiger partial charge in [0.05, 0.1) is 5.69 Å². The number of nitrogens with zero attached hydrogens (tertiary/aromatic N) is 1. The lowest BCUT2D eigenvalue weighted by atomic mass is 10.2. The SMILES string of the molecule is Nc1ccccc1N(NC(=O)c1ccccc1)S(=O)(=O)O. The van der Waals surface area contributed by atoms with Gasteiger partial charge in [0.15, 0.2) is 0 Å². The summed E-state index contributed by atoms with van der Waals surface area (Å²) in [6, 6.07) is 13.9. The number of nitrogen functional groups attached to an aromatic ring is 1. The molecule has 0 aromatic heterocycles. The fraction of sp³-hybridized carbons (Fsp3) is 0. The summed E-state index contributed by atoms with van der Waals surface area (Å²) >= 11 is 0. The number of hydrogen-bond donors (Lipinski definition) is 3. The zero-order valence-corrected chi connectivity index (χ0v) is 11.6. The fourth-order valence-electron chi connectivity index (χ4n) is 1.66. The minimum absolute atomic E-state index is 0.0516. The summed E-state index contributed by atoms with van der Waals surface area (Å²) in [6.45, 7) is 0. The Morgan fingerprint density at radius 2 is 1.62 bits per heavy atom. The van der Waals surface area contributed by atoms with Gasteiger partial charge in [-0.3, -0.25) is 9.35 Å². The molecule has 0 spiro atoms. The molecule has 0 fully saturated rings. The fourth-order valence-corrected chi connectivity index (χ4v) is 2.27. The molecule has 1 amide bonds. The van der Waals surface area contributed by atoms with Crippen LogP contribution in [0.3, 0.4) is 0 Å². The van der Waals surface area contributed by atoms with Gasteiger partial charge in [0.1, 0.15) is 5.69 Å². The van der Waals surface area contributed by atoms with Crippen molar-refractivity contribution < 1.29 is 17.8 Å². The molecule has 0 aliphatic carbocycles. The number of carbonyl (C=O) groups is 1. The second-order valence-corrected chi connectivity index (χ2v) is 5.37. The number of nitrogens with two attached hydrogens (primary N) is 1. The van der Waals surface area contributed by atoms with Crippen molar-refractivity contribution in [3.63, 3.8) is 0 Å². The molecule has 0 atom stereocenters. The summed E-state index contributed by atoms with van der Waals surface area (Å²) in [4.78, 5) is 12.0. The van der Waals surface area contributed by atoms with E-state index >= 15 is 0 Å². The van der Waals surface area contributed by atoms with Crippen molar-refractivity contribution >= 4 is 27.6 Å². The zero-order valence-electron chi connectivity index (χ0n) is 10.8. The van der Waals surface area contributed by atoms with Crippen LogP contribution in [0.15, 0.2) is 54.6 Å². The highest BCUT2D eigenvalue weighted by molar-refractivity contribution is 7.87. The first-order chi connectivity index (χ1) is 9.89. The van der Waals surface area contributed by atoms with Crippen LogP contribution in [0.5, 0.6) is 0 Å². The number of hydrazine groups is 1. The highest BCUT2D eigenvalue weighted by Crippen LogP contribution is 2.23. The number of amides is 1. The third-order valence-corrected chi connectivity index (χ3v) is 3.37. The molecule has 0 aliphatic rings. The van der Waals surface area contributed by atoms with Crippen LogP contribution >= 0.6 is 0 Å². The van der Waals surface area contributed by atoms with E-state index in [9.17, 15) is 17.8 Å². The maximum absolute atomic E-state index is 12.0. The minimum atomic E-state index is -4.72. The number of carbonyl (C=O) groups excluding carboxylic acids is 1.